The lowest BCUT2D eigenvalue weighted by atomic mass is 9.63. The largest absolute Gasteiger partial charge is 0.390 e. The van der Waals surface area contributed by atoms with Crippen LogP contribution in [0.25, 0.3) is 11.1 Å². The number of benzene rings is 1. The lowest BCUT2D eigenvalue weighted by Crippen LogP contribution is -2.58. The number of ether oxygens (including phenoxy) is 1. The minimum atomic E-state index is -0.514. The number of nitrogens with zero attached hydrogens (tertiary/aromatic N) is 2. The molecular weight excluding hydrogens is 464 g/mol. The van der Waals surface area contributed by atoms with Crippen LogP contribution in [-0.4, -0.2) is 64.4 Å². The molecule has 2 bridgehead atoms. The molecule has 0 spiro atoms. The first-order valence-electron chi connectivity index (χ1n) is 14.1. The van der Waals surface area contributed by atoms with Crippen LogP contribution in [0.3, 0.4) is 0 Å². The van der Waals surface area contributed by atoms with E-state index >= 15 is 0 Å². The lowest BCUT2D eigenvalue weighted by molar-refractivity contribution is -0.0702. The van der Waals surface area contributed by atoms with E-state index < -0.39 is 5.60 Å². The molecule has 2 aliphatic heterocycles. The van der Waals surface area contributed by atoms with Gasteiger partial charge < -0.3 is 20.9 Å². The van der Waals surface area contributed by atoms with Crippen molar-refractivity contribution >= 4 is 11.7 Å². The van der Waals surface area contributed by atoms with Crippen LogP contribution in [0.5, 0.6) is 0 Å². The van der Waals surface area contributed by atoms with Crippen LogP contribution in [-0.2, 0) is 4.74 Å². The predicted molar refractivity (Wildman–Crippen MR) is 144 cm³/mol. The molecule has 6 fully saturated rings. The highest BCUT2D eigenvalue weighted by Gasteiger charge is 2.48. The van der Waals surface area contributed by atoms with E-state index in [9.17, 15) is 9.90 Å². The van der Waals surface area contributed by atoms with Crippen molar-refractivity contribution in [2.75, 3.05) is 32.0 Å². The molecule has 4 saturated carbocycles. The highest BCUT2D eigenvalue weighted by atomic mass is 16.5. The van der Waals surface area contributed by atoms with Crippen molar-refractivity contribution in [2.45, 2.75) is 75.0 Å². The van der Waals surface area contributed by atoms with E-state index in [-0.39, 0.29) is 17.3 Å². The Morgan fingerprint density at radius 1 is 1.00 bits per heavy atom. The lowest BCUT2D eigenvalue weighted by Gasteiger charge is -2.51. The molecule has 4 N–H and O–H groups in total. The molecule has 0 radical (unpaired) electrons. The fourth-order valence-corrected chi connectivity index (χ4v) is 6.89. The molecule has 4 aliphatic carbocycles. The number of anilines is 1. The van der Waals surface area contributed by atoms with Gasteiger partial charge in [0.2, 0.25) is 0 Å². The van der Waals surface area contributed by atoms with Crippen LogP contribution >= 0.6 is 0 Å². The molecule has 2 unspecified atom stereocenters. The quantitative estimate of drug-likeness (QED) is 0.582. The van der Waals surface area contributed by atoms with Gasteiger partial charge in [-0.1, -0.05) is 30.3 Å². The van der Waals surface area contributed by atoms with Gasteiger partial charge in [0.15, 0.2) is 0 Å². The van der Waals surface area contributed by atoms with E-state index in [2.05, 4.69) is 15.2 Å². The molecule has 2 atom stereocenters. The third-order valence-corrected chi connectivity index (χ3v) is 9.57. The molecule has 8 rings (SSSR count). The second-order valence-corrected chi connectivity index (χ2v) is 12.0. The van der Waals surface area contributed by atoms with Gasteiger partial charge in [0.1, 0.15) is 5.82 Å². The van der Waals surface area contributed by atoms with Crippen molar-refractivity contribution in [3.05, 3.63) is 48.2 Å². The summed E-state index contributed by atoms with van der Waals surface area (Å²) in [4.78, 5) is 19.8. The minimum absolute atomic E-state index is 0.171. The van der Waals surface area contributed by atoms with Gasteiger partial charge in [0, 0.05) is 49.6 Å². The molecular formula is C30H40N4O3. The maximum atomic E-state index is 12.9. The Kier molecular flexibility index (Phi) is 6.72. The van der Waals surface area contributed by atoms with Crippen LogP contribution < -0.4 is 11.1 Å². The van der Waals surface area contributed by atoms with Gasteiger partial charge in [0.05, 0.1) is 11.2 Å². The summed E-state index contributed by atoms with van der Waals surface area (Å²) < 4.78 is 5.37. The molecule has 7 nitrogen and oxygen atoms in total. The number of amides is 1. The number of carbonyl (C=O) groups excluding carboxylic acids is 1. The van der Waals surface area contributed by atoms with Crippen LogP contribution in [0, 0.1) is 11.8 Å². The molecule has 6 aliphatic rings. The zero-order valence-corrected chi connectivity index (χ0v) is 21.7. The second kappa shape index (κ2) is 10.0. The van der Waals surface area contributed by atoms with Crippen molar-refractivity contribution in [1.82, 2.24) is 15.2 Å². The Morgan fingerprint density at radius 3 is 2.30 bits per heavy atom. The highest BCUT2D eigenvalue weighted by Crippen LogP contribution is 2.47. The number of pyridine rings is 1. The maximum absolute atomic E-state index is 12.9. The van der Waals surface area contributed by atoms with Gasteiger partial charge in [-0.05, 0) is 81.3 Å². The van der Waals surface area contributed by atoms with Crippen molar-refractivity contribution < 1.29 is 14.6 Å². The number of aromatic nitrogens is 1. The monoisotopic (exact) mass is 504 g/mol. The molecule has 198 valence electrons. The Balaban J connectivity index is 0.000000174. The first kappa shape index (κ1) is 24.8. The van der Waals surface area contributed by atoms with Crippen molar-refractivity contribution in [3.63, 3.8) is 0 Å². The number of hydrogen-bond donors (Lipinski definition) is 3. The van der Waals surface area contributed by atoms with E-state index in [4.69, 9.17) is 10.5 Å². The molecule has 1 amide bonds. The summed E-state index contributed by atoms with van der Waals surface area (Å²) in [6.45, 7) is 4.79. The van der Waals surface area contributed by atoms with Gasteiger partial charge in [-0.3, -0.25) is 9.69 Å². The zero-order valence-electron chi connectivity index (χ0n) is 21.7. The summed E-state index contributed by atoms with van der Waals surface area (Å²) in [6.07, 6.45) is 10.5. The number of piperidine rings is 1. The number of nitrogens with two attached hydrogens (primary N) is 1. The van der Waals surface area contributed by atoms with Crippen molar-refractivity contribution in [1.29, 1.82) is 0 Å². The Morgan fingerprint density at radius 2 is 1.65 bits per heavy atom. The maximum Gasteiger partial charge on any atom is 0.255 e. The third kappa shape index (κ3) is 5.40. The third-order valence-electron chi connectivity index (χ3n) is 9.57. The molecule has 3 heterocycles. The molecule has 1 aromatic heterocycles. The first-order valence-corrected chi connectivity index (χ1v) is 14.1. The molecule has 7 heteroatoms. The average Bonchev–Trinajstić information content (AvgIpc) is 3.55. The highest BCUT2D eigenvalue weighted by molar-refractivity contribution is 5.99. The van der Waals surface area contributed by atoms with Gasteiger partial charge in [0.25, 0.3) is 5.91 Å². The molecule has 37 heavy (non-hydrogen) atoms. The minimum Gasteiger partial charge on any atom is -0.390 e. The molecule has 1 aromatic carbocycles. The predicted octanol–water partition coefficient (Wildman–Crippen LogP) is 4.02. The summed E-state index contributed by atoms with van der Waals surface area (Å²) in [5.74, 6) is 2.26. The number of nitrogens with one attached hydrogen (secondary N) is 1. The van der Waals surface area contributed by atoms with E-state index in [1.54, 1.807) is 6.20 Å². The van der Waals surface area contributed by atoms with E-state index in [0.717, 1.165) is 80.7 Å². The van der Waals surface area contributed by atoms with E-state index in [1.807, 2.05) is 36.4 Å². The fourth-order valence-electron chi connectivity index (χ4n) is 6.89. The second-order valence-electron chi connectivity index (χ2n) is 12.0. The standard InChI is InChI=1S/C20H23N3O2.C10H17NO/c21-17-16(12-15(13-22-17)14-4-2-1-3-5-14)18(24)23-19-6-9-20(25,10-7-19)11-8-19;1-3-12-4-2-10(1)11-6-8-5-9(8)7-11/h1-5,12-13,25H,6-11H2,(H2,21,22)(H,23,24);8-10H,1-7H2. The van der Waals surface area contributed by atoms with Gasteiger partial charge in [-0.25, -0.2) is 4.98 Å². The number of carbonyl (C=O) groups is 1. The average molecular weight is 505 g/mol. The van der Waals surface area contributed by atoms with Crippen molar-refractivity contribution in [2.24, 2.45) is 11.8 Å². The number of nitrogen functional groups attached to an aromatic ring is 1. The Labute approximate surface area is 219 Å². The number of likely N-dealkylation sites (tertiary alicyclic amines) is 1. The fraction of sp³-hybridized carbons (Fsp3) is 0.600. The topological polar surface area (TPSA) is 101 Å². The summed E-state index contributed by atoms with van der Waals surface area (Å²) in [5.41, 5.74) is 7.55. The van der Waals surface area contributed by atoms with Crippen LogP contribution in [0.1, 0.15) is 68.1 Å². The van der Waals surface area contributed by atoms with E-state index in [0.29, 0.717) is 5.56 Å². The van der Waals surface area contributed by atoms with Crippen LogP contribution in [0.2, 0.25) is 0 Å². The van der Waals surface area contributed by atoms with Crippen LogP contribution in [0.4, 0.5) is 5.82 Å². The first-order chi connectivity index (χ1) is 17.9. The summed E-state index contributed by atoms with van der Waals surface area (Å²) in [6, 6.07) is 12.5. The number of fused-ring (bicyclic) bond motifs is 4. The number of rotatable bonds is 4. The van der Waals surface area contributed by atoms with Crippen molar-refractivity contribution in [3.8, 4) is 11.1 Å². The normalized spacial score (nSPS) is 32.8. The SMILES string of the molecule is C1CC(N2CC3CC3C2)CCO1.Nc1ncc(-c2ccccc2)cc1C(=O)NC12CCC(O)(CC1)CC2. The Bertz CT molecular complexity index is 1080. The van der Waals surface area contributed by atoms with E-state index in [1.165, 1.54) is 32.4 Å². The van der Waals surface area contributed by atoms with Gasteiger partial charge in [-0.2, -0.15) is 0 Å². The smallest absolute Gasteiger partial charge is 0.255 e. The van der Waals surface area contributed by atoms with Gasteiger partial charge >= 0.3 is 0 Å². The summed E-state index contributed by atoms with van der Waals surface area (Å²) in [7, 11) is 0. The zero-order chi connectivity index (χ0) is 25.5. The Hall–Kier alpha value is -2.48. The molecule has 2 aromatic rings. The van der Waals surface area contributed by atoms with Crippen LogP contribution in [0.15, 0.2) is 42.6 Å². The summed E-state index contributed by atoms with van der Waals surface area (Å²) in [5, 5.41) is 13.6. The summed E-state index contributed by atoms with van der Waals surface area (Å²) >= 11 is 0. The van der Waals surface area contributed by atoms with Gasteiger partial charge in [-0.15, -0.1) is 0 Å². The molecule has 2 saturated heterocycles. The number of aliphatic hydroxyl groups is 1. The number of hydrogen-bond acceptors (Lipinski definition) is 6.